The smallest absolute Gasteiger partial charge is 0.141 e. The predicted octanol–water partition coefficient (Wildman–Crippen LogP) is 6.56. The zero-order chi connectivity index (χ0) is 22.7. The van der Waals surface area contributed by atoms with Gasteiger partial charge < -0.3 is 10.4 Å². The van der Waals surface area contributed by atoms with Crippen molar-refractivity contribution in [2.24, 2.45) is 11.3 Å². The van der Waals surface area contributed by atoms with Crippen LogP contribution in [0.1, 0.15) is 32.1 Å². The average molecular weight is 458 g/mol. The third-order valence-electron chi connectivity index (χ3n) is 7.40. The second-order valence-electron chi connectivity index (χ2n) is 9.48. The second kappa shape index (κ2) is 9.74. The number of rotatable bonds is 7. The maximum atomic E-state index is 13.3. The molecule has 0 radical (unpaired) electrons. The summed E-state index contributed by atoms with van der Waals surface area (Å²) in [6.45, 7) is 1.92. The Bertz CT molecular complexity index is 1040. The first-order chi connectivity index (χ1) is 16.1. The van der Waals surface area contributed by atoms with Crippen LogP contribution in [0.5, 0.6) is 5.75 Å². The summed E-state index contributed by atoms with van der Waals surface area (Å²) in [7, 11) is 0. The number of ketones is 1. The molecule has 0 atom stereocenters. The van der Waals surface area contributed by atoms with Crippen molar-refractivity contribution in [1.82, 2.24) is 5.32 Å². The van der Waals surface area contributed by atoms with Crippen molar-refractivity contribution in [3.8, 4) is 28.0 Å². The highest BCUT2D eigenvalue weighted by atomic mass is 32.2. The highest BCUT2D eigenvalue weighted by molar-refractivity contribution is 7.99. The molecule has 2 saturated heterocycles. The lowest BCUT2D eigenvalue weighted by molar-refractivity contribution is -0.129. The van der Waals surface area contributed by atoms with E-state index >= 15 is 0 Å². The quantitative estimate of drug-likeness (QED) is 0.395. The Kier molecular flexibility index (Phi) is 6.57. The number of aromatic hydroxyl groups is 1. The van der Waals surface area contributed by atoms with E-state index in [1.807, 2.05) is 60.7 Å². The van der Waals surface area contributed by atoms with Gasteiger partial charge in [-0.3, -0.25) is 4.79 Å². The highest BCUT2D eigenvalue weighted by Crippen LogP contribution is 2.44. The molecule has 2 N–H and O–H groups in total. The Morgan fingerprint density at radius 1 is 0.939 bits per heavy atom. The van der Waals surface area contributed by atoms with Crippen molar-refractivity contribution in [3.05, 3.63) is 72.8 Å². The monoisotopic (exact) mass is 457 g/mol. The van der Waals surface area contributed by atoms with Gasteiger partial charge in [0.05, 0.1) is 0 Å². The van der Waals surface area contributed by atoms with Gasteiger partial charge >= 0.3 is 0 Å². The molecule has 0 aromatic heterocycles. The molecule has 3 aromatic carbocycles. The van der Waals surface area contributed by atoms with Crippen molar-refractivity contribution in [1.29, 1.82) is 0 Å². The number of Topliss-reactive ketones (excluding diaryl/α,β-unsaturated/α-hetero) is 1. The van der Waals surface area contributed by atoms with Crippen LogP contribution in [0.3, 0.4) is 0 Å². The topological polar surface area (TPSA) is 49.3 Å². The minimum atomic E-state index is -0.146. The van der Waals surface area contributed by atoms with Gasteiger partial charge in [-0.15, -0.1) is 11.8 Å². The van der Waals surface area contributed by atoms with Crippen LogP contribution in [0.2, 0.25) is 0 Å². The third-order valence-corrected chi connectivity index (χ3v) is 8.38. The number of phenols is 1. The number of hydrogen-bond donors (Lipinski definition) is 2. The molecule has 1 aliphatic carbocycles. The van der Waals surface area contributed by atoms with Gasteiger partial charge in [-0.05, 0) is 61.4 Å². The van der Waals surface area contributed by atoms with E-state index < -0.39 is 0 Å². The highest BCUT2D eigenvalue weighted by Gasteiger charge is 2.42. The van der Waals surface area contributed by atoms with Gasteiger partial charge in [0, 0.05) is 40.2 Å². The summed E-state index contributed by atoms with van der Waals surface area (Å²) in [6.07, 6.45) is 5.06. The van der Waals surface area contributed by atoms with Gasteiger partial charge in [-0.25, -0.2) is 0 Å². The lowest BCUT2D eigenvalue weighted by Crippen LogP contribution is -2.39. The van der Waals surface area contributed by atoms with Crippen LogP contribution >= 0.6 is 11.8 Å². The van der Waals surface area contributed by atoms with Crippen LogP contribution < -0.4 is 5.32 Å². The molecular formula is C29H31NO2S. The van der Waals surface area contributed by atoms with Crippen LogP contribution in [0.4, 0.5) is 0 Å². The first kappa shape index (κ1) is 22.2. The number of phenolic OH excluding ortho intramolecular Hbond substituents is 1. The van der Waals surface area contributed by atoms with Crippen molar-refractivity contribution < 1.29 is 9.90 Å². The van der Waals surface area contributed by atoms with Crippen LogP contribution in [0.25, 0.3) is 22.3 Å². The molecule has 2 bridgehead atoms. The fourth-order valence-corrected chi connectivity index (χ4v) is 6.32. The summed E-state index contributed by atoms with van der Waals surface area (Å²) in [5.41, 5.74) is 3.50. The predicted molar refractivity (Wildman–Crippen MR) is 137 cm³/mol. The fourth-order valence-electron chi connectivity index (χ4n) is 5.40. The normalized spacial score (nSPS) is 22.1. The summed E-state index contributed by atoms with van der Waals surface area (Å²) in [5, 5.41) is 14.7. The molecule has 4 heteroatoms. The minimum absolute atomic E-state index is 0.146. The Balaban J connectivity index is 1.37. The molecule has 0 unspecified atom stereocenters. The maximum absolute atomic E-state index is 13.3. The lowest BCUT2D eigenvalue weighted by atomic mass is 9.69. The summed E-state index contributed by atoms with van der Waals surface area (Å²) >= 11 is 1.71. The second-order valence-corrected chi connectivity index (χ2v) is 10.6. The largest absolute Gasteiger partial charge is 0.507 e. The standard InChI is InChI=1S/C29H31NO2S/c31-27(29-14-11-21(12-15-29)19-30-20-29)13-16-33-24-17-25(22-7-3-1-4-8-22)28(32)26(18-24)23-9-5-2-6-10-23/h1-10,17-18,21,30,32H,11-16,19-20H2. The molecule has 1 saturated carbocycles. The summed E-state index contributed by atoms with van der Waals surface area (Å²) in [5.74, 6) is 2.24. The maximum Gasteiger partial charge on any atom is 0.141 e. The minimum Gasteiger partial charge on any atom is -0.507 e. The van der Waals surface area contributed by atoms with Crippen LogP contribution in [0.15, 0.2) is 77.7 Å². The molecule has 0 amide bonds. The fraction of sp³-hybridized carbons (Fsp3) is 0.345. The van der Waals surface area contributed by atoms with Crippen molar-refractivity contribution in [2.75, 3.05) is 18.8 Å². The Morgan fingerprint density at radius 2 is 1.52 bits per heavy atom. The van der Waals surface area contributed by atoms with Gasteiger partial charge in [0.25, 0.3) is 0 Å². The third kappa shape index (κ3) is 4.73. The van der Waals surface area contributed by atoms with E-state index in [9.17, 15) is 9.90 Å². The number of benzene rings is 3. The number of fused-ring (bicyclic) bond motifs is 4. The average Bonchev–Trinajstić information content (AvgIpc) is 3.21. The van der Waals surface area contributed by atoms with Crippen molar-refractivity contribution in [3.63, 3.8) is 0 Å². The number of thioether (sulfide) groups is 1. The SMILES string of the molecule is O=C(CCSc1cc(-c2ccccc2)c(O)c(-c2ccccc2)c1)C12CCC(CC1)CNC2. The zero-order valence-corrected chi connectivity index (χ0v) is 19.7. The molecule has 2 heterocycles. The van der Waals surface area contributed by atoms with Crippen LogP contribution in [-0.2, 0) is 4.79 Å². The van der Waals surface area contributed by atoms with E-state index in [0.29, 0.717) is 18.0 Å². The Labute approximate surface area is 200 Å². The molecular weight excluding hydrogens is 426 g/mol. The van der Waals surface area contributed by atoms with Crippen LogP contribution in [0, 0.1) is 11.3 Å². The zero-order valence-electron chi connectivity index (χ0n) is 18.9. The van der Waals surface area contributed by atoms with E-state index in [1.165, 1.54) is 12.8 Å². The number of hydrogen-bond acceptors (Lipinski definition) is 4. The van der Waals surface area contributed by atoms with Crippen molar-refractivity contribution in [2.45, 2.75) is 37.0 Å². The molecule has 0 spiro atoms. The molecule has 33 heavy (non-hydrogen) atoms. The van der Waals surface area contributed by atoms with E-state index in [1.54, 1.807) is 11.8 Å². The summed E-state index contributed by atoms with van der Waals surface area (Å²) in [4.78, 5) is 14.3. The first-order valence-electron chi connectivity index (χ1n) is 12.0. The van der Waals surface area contributed by atoms with E-state index in [2.05, 4.69) is 17.4 Å². The first-order valence-corrected chi connectivity index (χ1v) is 13.0. The lowest BCUT2D eigenvalue weighted by Gasteiger charge is -2.34. The molecule has 170 valence electrons. The Morgan fingerprint density at radius 3 is 2.09 bits per heavy atom. The van der Waals surface area contributed by atoms with Gasteiger partial charge in [0.15, 0.2) is 0 Å². The van der Waals surface area contributed by atoms with Crippen molar-refractivity contribution >= 4 is 17.5 Å². The molecule has 3 aliphatic rings. The summed E-state index contributed by atoms with van der Waals surface area (Å²) in [6, 6.07) is 24.1. The van der Waals surface area contributed by atoms with Gasteiger partial charge in [-0.1, -0.05) is 60.7 Å². The van der Waals surface area contributed by atoms with E-state index in [0.717, 1.165) is 64.8 Å². The molecule has 3 fully saturated rings. The van der Waals surface area contributed by atoms with Gasteiger partial charge in [-0.2, -0.15) is 0 Å². The molecule has 6 rings (SSSR count). The number of nitrogens with one attached hydrogen (secondary N) is 1. The number of carbonyl (C=O) groups excluding carboxylic acids is 1. The summed E-state index contributed by atoms with van der Waals surface area (Å²) < 4.78 is 0. The van der Waals surface area contributed by atoms with Crippen LogP contribution in [-0.4, -0.2) is 29.7 Å². The van der Waals surface area contributed by atoms with Gasteiger partial charge in [0.2, 0.25) is 0 Å². The van der Waals surface area contributed by atoms with Gasteiger partial charge in [0.1, 0.15) is 11.5 Å². The van der Waals surface area contributed by atoms with E-state index in [4.69, 9.17) is 0 Å². The molecule has 2 aliphatic heterocycles. The van der Waals surface area contributed by atoms with E-state index in [-0.39, 0.29) is 5.41 Å². The molecule has 3 nitrogen and oxygen atoms in total. The number of carbonyl (C=O) groups is 1. The Hall–Kier alpha value is -2.56. The molecule has 3 aromatic rings.